The molecule has 0 aromatic heterocycles. The second-order valence-corrected chi connectivity index (χ2v) is 9.41. The zero-order chi connectivity index (χ0) is 24.7. The minimum Gasteiger partial charge on any atom is -0.0683 e. The van der Waals surface area contributed by atoms with Gasteiger partial charge in [0, 0.05) is 5.41 Å². The molecule has 0 fully saturated rings. The van der Waals surface area contributed by atoms with Gasteiger partial charge in [0.05, 0.1) is 0 Å². The SMILES string of the molecule is CC.CC.CC1(C)c2cc3cc4ccccc4cc3cc2-c2c1c1ccccc1c1ccccc21. The van der Waals surface area contributed by atoms with E-state index < -0.39 is 0 Å². The van der Waals surface area contributed by atoms with E-state index in [4.69, 9.17) is 0 Å². The summed E-state index contributed by atoms with van der Waals surface area (Å²) in [6, 6.07) is 36.1. The molecule has 0 spiro atoms. The summed E-state index contributed by atoms with van der Waals surface area (Å²) >= 11 is 0. The fourth-order valence-electron chi connectivity index (χ4n) is 5.92. The van der Waals surface area contributed by atoms with Crippen molar-refractivity contribution in [2.45, 2.75) is 47.0 Å². The molecule has 0 amide bonds. The minimum absolute atomic E-state index is 0.0475. The van der Waals surface area contributed by atoms with Gasteiger partial charge >= 0.3 is 0 Å². The molecule has 0 saturated heterocycles. The largest absolute Gasteiger partial charge is 0.0683 e. The third-order valence-electron chi connectivity index (χ3n) is 7.34. The van der Waals surface area contributed by atoms with Crippen LogP contribution < -0.4 is 0 Å². The Morgan fingerprint density at radius 1 is 0.457 bits per heavy atom. The summed E-state index contributed by atoms with van der Waals surface area (Å²) in [4.78, 5) is 0. The Labute approximate surface area is 209 Å². The number of rotatable bonds is 0. The van der Waals surface area contributed by atoms with Crippen LogP contribution in [0.1, 0.15) is 52.7 Å². The first-order chi connectivity index (χ1) is 17.1. The molecular weight excluding hydrogens is 420 g/mol. The molecule has 0 nitrogen and oxygen atoms in total. The lowest BCUT2D eigenvalue weighted by Crippen LogP contribution is -2.15. The Kier molecular flexibility index (Phi) is 5.85. The third kappa shape index (κ3) is 3.35. The molecule has 0 radical (unpaired) electrons. The predicted octanol–water partition coefficient (Wildman–Crippen LogP) is 10.7. The molecule has 0 heteroatoms. The molecule has 6 aromatic rings. The van der Waals surface area contributed by atoms with Crippen molar-refractivity contribution in [2.24, 2.45) is 0 Å². The quantitative estimate of drug-likeness (QED) is 0.158. The third-order valence-corrected chi connectivity index (χ3v) is 7.34. The van der Waals surface area contributed by atoms with Gasteiger partial charge < -0.3 is 0 Å². The highest BCUT2D eigenvalue weighted by Crippen LogP contribution is 2.55. The summed E-state index contributed by atoms with van der Waals surface area (Å²) < 4.78 is 0. The molecular formula is C35H34. The molecule has 0 N–H and O–H groups in total. The first kappa shape index (κ1) is 23.1. The van der Waals surface area contributed by atoms with E-state index in [0.29, 0.717) is 0 Å². The van der Waals surface area contributed by atoms with Crippen LogP contribution in [-0.4, -0.2) is 0 Å². The van der Waals surface area contributed by atoms with Crippen LogP contribution in [0.2, 0.25) is 0 Å². The average Bonchev–Trinajstić information content (AvgIpc) is 3.15. The van der Waals surface area contributed by atoms with E-state index in [1.807, 2.05) is 27.7 Å². The van der Waals surface area contributed by atoms with Crippen molar-refractivity contribution in [3.63, 3.8) is 0 Å². The highest BCUT2D eigenvalue weighted by molar-refractivity contribution is 6.19. The summed E-state index contributed by atoms with van der Waals surface area (Å²) in [5.41, 5.74) is 5.67. The standard InChI is InChI=1S/C31H22.2C2H6/c1-31(2)28-18-22-16-20-10-4-3-9-19(20)15-21(22)17-27(28)29-25-13-7-5-11-23(25)24-12-6-8-14-26(24)30(29)31;2*1-2/h3-18H,1-2H3;2*1-2H3. The van der Waals surface area contributed by atoms with Gasteiger partial charge in [0.15, 0.2) is 0 Å². The fourth-order valence-corrected chi connectivity index (χ4v) is 5.92. The van der Waals surface area contributed by atoms with Crippen molar-refractivity contribution < 1.29 is 0 Å². The Morgan fingerprint density at radius 3 is 1.51 bits per heavy atom. The number of fused-ring (bicyclic) bond motifs is 10. The summed E-state index contributed by atoms with van der Waals surface area (Å²) in [5, 5.41) is 10.7. The molecule has 35 heavy (non-hydrogen) atoms. The van der Waals surface area contributed by atoms with Gasteiger partial charge in [-0.1, -0.05) is 114 Å². The topological polar surface area (TPSA) is 0 Å². The molecule has 6 aromatic carbocycles. The van der Waals surface area contributed by atoms with Crippen LogP contribution in [0, 0.1) is 0 Å². The van der Waals surface area contributed by atoms with Gasteiger partial charge in [-0.25, -0.2) is 0 Å². The normalized spacial score (nSPS) is 13.1. The molecule has 0 unspecified atom stereocenters. The van der Waals surface area contributed by atoms with Gasteiger partial charge in [0.25, 0.3) is 0 Å². The van der Waals surface area contributed by atoms with Crippen LogP contribution in [0.25, 0.3) is 54.2 Å². The Morgan fingerprint density at radius 2 is 0.914 bits per heavy atom. The Balaban J connectivity index is 0.000000605. The Hall–Kier alpha value is -3.64. The van der Waals surface area contributed by atoms with Crippen LogP contribution in [0.4, 0.5) is 0 Å². The zero-order valence-electron chi connectivity index (χ0n) is 21.7. The monoisotopic (exact) mass is 454 g/mol. The minimum atomic E-state index is -0.0475. The lowest BCUT2D eigenvalue weighted by Gasteiger charge is -2.24. The van der Waals surface area contributed by atoms with Crippen molar-refractivity contribution in [3.8, 4) is 11.1 Å². The molecule has 7 rings (SSSR count). The lowest BCUT2D eigenvalue weighted by molar-refractivity contribution is 0.667. The van der Waals surface area contributed by atoms with Crippen LogP contribution in [0.3, 0.4) is 0 Å². The zero-order valence-corrected chi connectivity index (χ0v) is 21.7. The lowest BCUT2D eigenvalue weighted by atomic mass is 9.79. The average molecular weight is 455 g/mol. The first-order valence-electron chi connectivity index (χ1n) is 13.0. The first-order valence-corrected chi connectivity index (χ1v) is 13.0. The van der Waals surface area contributed by atoms with E-state index in [1.165, 1.54) is 65.3 Å². The molecule has 0 saturated carbocycles. The van der Waals surface area contributed by atoms with Gasteiger partial charge in [-0.15, -0.1) is 0 Å². The Bertz CT molecular complexity index is 1700. The van der Waals surface area contributed by atoms with Gasteiger partial charge in [-0.05, 0) is 89.6 Å². The molecule has 174 valence electrons. The van der Waals surface area contributed by atoms with E-state index in [0.717, 1.165) is 0 Å². The highest BCUT2D eigenvalue weighted by atomic mass is 14.4. The molecule has 0 heterocycles. The maximum Gasteiger partial charge on any atom is 0.0165 e. The summed E-state index contributed by atoms with van der Waals surface area (Å²) in [6.45, 7) is 12.8. The summed E-state index contributed by atoms with van der Waals surface area (Å²) in [5.74, 6) is 0. The van der Waals surface area contributed by atoms with Crippen molar-refractivity contribution in [3.05, 3.63) is 108 Å². The molecule has 0 aliphatic heterocycles. The van der Waals surface area contributed by atoms with Crippen molar-refractivity contribution in [2.75, 3.05) is 0 Å². The number of hydrogen-bond acceptors (Lipinski definition) is 0. The van der Waals surface area contributed by atoms with Crippen molar-refractivity contribution >= 4 is 43.1 Å². The van der Waals surface area contributed by atoms with Gasteiger partial charge in [-0.2, -0.15) is 0 Å². The van der Waals surface area contributed by atoms with Crippen molar-refractivity contribution in [1.29, 1.82) is 0 Å². The van der Waals surface area contributed by atoms with Crippen LogP contribution in [-0.2, 0) is 5.41 Å². The smallest absolute Gasteiger partial charge is 0.0165 e. The summed E-state index contributed by atoms with van der Waals surface area (Å²) in [6.07, 6.45) is 0. The van der Waals surface area contributed by atoms with Crippen molar-refractivity contribution in [1.82, 2.24) is 0 Å². The molecule has 0 atom stereocenters. The van der Waals surface area contributed by atoms with E-state index in [9.17, 15) is 0 Å². The van der Waals surface area contributed by atoms with E-state index in [-0.39, 0.29) is 5.41 Å². The number of hydrogen-bond donors (Lipinski definition) is 0. The fraction of sp³-hybridized carbons (Fsp3) is 0.200. The van der Waals surface area contributed by atoms with Gasteiger partial charge in [0.1, 0.15) is 0 Å². The predicted molar refractivity (Wildman–Crippen MR) is 157 cm³/mol. The molecule has 0 bridgehead atoms. The highest BCUT2D eigenvalue weighted by Gasteiger charge is 2.38. The van der Waals surface area contributed by atoms with Crippen LogP contribution in [0.15, 0.2) is 97.1 Å². The maximum absolute atomic E-state index is 2.45. The van der Waals surface area contributed by atoms with Gasteiger partial charge in [0.2, 0.25) is 0 Å². The molecule has 1 aliphatic carbocycles. The summed E-state index contributed by atoms with van der Waals surface area (Å²) in [7, 11) is 0. The van der Waals surface area contributed by atoms with Crippen LogP contribution in [0.5, 0.6) is 0 Å². The second kappa shape index (κ2) is 8.86. The number of benzene rings is 6. The van der Waals surface area contributed by atoms with E-state index in [2.05, 4.69) is 111 Å². The molecule has 1 aliphatic rings. The van der Waals surface area contributed by atoms with Crippen LogP contribution >= 0.6 is 0 Å². The van der Waals surface area contributed by atoms with Gasteiger partial charge in [-0.3, -0.25) is 0 Å². The van der Waals surface area contributed by atoms with E-state index in [1.54, 1.807) is 0 Å². The van der Waals surface area contributed by atoms with E-state index >= 15 is 0 Å². The maximum atomic E-state index is 2.45. The second-order valence-electron chi connectivity index (χ2n) is 9.41.